The molecule has 0 saturated carbocycles. The number of carboxylic acid groups (broad SMARTS) is 1. The van der Waals surface area contributed by atoms with Crippen molar-refractivity contribution in [1.82, 2.24) is 0 Å². The van der Waals surface area contributed by atoms with Gasteiger partial charge in [0.2, 0.25) is 0 Å². The molecule has 0 aromatic rings. The summed E-state index contributed by atoms with van der Waals surface area (Å²) < 4.78 is 5.91. The standard InChI is InChI=1S/C35H68O4/c1-3-5-7-9-11-13-15-17-19-21-23-28-32-35(38)39-33(30-26-24-27-31-34(36)37)29-25-22-20-18-16-14-12-10-8-6-4-2/h33H,3-32H2,1-2H3,(H,36,37). The SMILES string of the molecule is CCCCCCCCCCCCCCC(=O)OC(CCCCCCCCCCCCC)CCCCCC(=O)O. The predicted molar refractivity (Wildman–Crippen MR) is 167 cm³/mol. The van der Waals surface area contributed by atoms with E-state index in [1.807, 2.05) is 0 Å². The van der Waals surface area contributed by atoms with Crippen molar-refractivity contribution >= 4 is 11.9 Å². The van der Waals surface area contributed by atoms with Crippen LogP contribution in [-0.2, 0) is 14.3 Å². The van der Waals surface area contributed by atoms with E-state index in [0.29, 0.717) is 12.8 Å². The van der Waals surface area contributed by atoms with Gasteiger partial charge in [-0.05, 0) is 38.5 Å². The summed E-state index contributed by atoms with van der Waals surface area (Å²) in [5.74, 6) is -0.748. The predicted octanol–water partition coefficient (Wildman–Crippen LogP) is 11.7. The van der Waals surface area contributed by atoms with Crippen LogP contribution in [0.4, 0.5) is 0 Å². The first-order valence-corrected chi connectivity index (χ1v) is 17.5. The minimum absolute atomic E-state index is 0.0122. The van der Waals surface area contributed by atoms with Crippen molar-refractivity contribution < 1.29 is 19.4 Å². The van der Waals surface area contributed by atoms with E-state index in [4.69, 9.17) is 9.84 Å². The van der Waals surface area contributed by atoms with Crippen LogP contribution in [0, 0.1) is 0 Å². The summed E-state index contributed by atoms with van der Waals surface area (Å²) in [6.07, 6.45) is 35.3. The van der Waals surface area contributed by atoms with Gasteiger partial charge in [-0.3, -0.25) is 9.59 Å². The maximum atomic E-state index is 12.5. The molecular weight excluding hydrogens is 484 g/mol. The summed E-state index contributed by atoms with van der Waals surface area (Å²) in [4.78, 5) is 23.3. The van der Waals surface area contributed by atoms with Gasteiger partial charge in [0.05, 0.1) is 0 Å². The molecule has 0 spiro atoms. The average Bonchev–Trinajstić information content (AvgIpc) is 2.91. The van der Waals surface area contributed by atoms with Gasteiger partial charge >= 0.3 is 11.9 Å². The molecule has 232 valence electrons. The molecule has 1 N–H and O–H groups in total. The molecule has 0 aromatic heterocycles. The molecule has 0 aliphatic carbocycles. The lowest BCUT2D eigenvalue weighted by atomic mass is 10.0. The summed E-state index contributed by atoms with van der Waals surface area (Å²) in [5, 5.41) is 8.85. The fraction of sp³-hybridized carbons (Fsp3) is 0.943. The first-order valence-electron chi connectivity index (χ1n) is 17.5. The maximum absolute atomic E-state index is 12.5. The number of rotatable bonds is 32. The Bertz CT molecular complexity index is 519. The second-order valence-corrected chi connectivity index (χ2v) is 12.1. The largest absolute Gasteiger partial charge is 0.481 e. The van der Waals surface area contributed by atoms with Crippen molar-refractivity contribution in [1.29, 1.82) is 0 Å². The van der Waals surface area contributed by atoms with Crippen LogP contribution < -0.4 is 0 Å². The Balaban J connectivity index is 3.94. The summed E-state index contributed by atoms with van der Waals surface area (Å²) in [5.41, 5.74) is 0. The monoisotopic (exact) mass is 553 g/mol. The van der Waals surface area contributed by atoms with E-state index in [9.17, 15) is 9.59 Å². The highest BCUT2D eigenvalue weighted by Gasteiger charge is 2.14. The van der Waals surface area contributed by atoms with Gasteiger partial charge in [0.25, 0.3) is 0 Å². The highest BCUT2D eigenvalue weighted by molar-refractivity contribution is 5.69. The van der Waals surface area contributed by atoms with Crippen molar-refractivity contribution in [2.75, 3.05) is 0 Å². The summed E-state index contributed by atoms with van der Waals surface area (Å²) in [7, 11) is 0. The van der Waals surface area contributed by atoms with Crippen LogP contribution in [0.5, 0.6) is 0 Å². The van der Waals surface area contributed by atoms with Crippen molar-refractivity contribution in [3.05, 3.63) is 0 Å². The first kappa shape index (κ1) is 37.9. The van der Waals surface area contributed by atoms with E-state index in [2.05, 4.69) is 13.8 Å². The number of carbonyl (C=O) groups is 2. The Hall–Kier alpha value is -1.06. The highest BCUT2D eigenvalue weighted by Crippen LogP contribution is 2.19. The zero-order valence-electron chi connectivity index (χ0n) is 26.5. The molecule has 0 aromatic carbocycles. The third-order valence-corrected chi connectivity index (χ3v) is 8.08. The number of ether oxygens (including phenoxy) is 1. The van der Waals surface area contributed by atoms with Crippen molar-refractivity contribution in [3.63, 3.8) is 0 Å². The number of hydrogen-bond acceptors (Lipinski definition) is 3. The number of esters is 1. The quantitative estimate of drug-likeness (QED) is 0.0665. The second-order valence-electron chi connectivity index (χ2n) is 12.1. The van der Waals surface area contributed by atoms with Crippen LogP contribution in [0.1, 0.15) is 206 Å². The Kier molecular flexibility index (Phi) is 30.6. The van der Waals surface area contributed by atoms with Gasteiger partial charge in [-0.15, -0.1) is 0 Å². The average molecular weight is 553 g/mol. The topological polar surface area (TPSA) is 63.6 Å². The fourth-order valence-corrected chi connectivity index (χ4v) is 5.48. The molecule has 0 aliphatic heterocycles. The number of hydrogen-bond donors (Lipinski definition) is 1. The molecule has 1 unspecified atom stereocenters. The minimum Gasteiger partial charge on any atom is -0.481 e. The number of aliphatic carboxylic acids is 1. The molecule has 0 fully saturated rings. The van der Waals surface area contributed by atoms with Gasteiger partial charge in [-0.2, -0.15) is 0 Å². The van der Waals surface area contributed by atoms with Crippen LogP contribution in [0.2, 0.25) is 0 Å². The Morgan fingerprint density at radius 1 is 0.462 bits per heavy atom. The Morgan fingerprint density at radius 3 is 1.15 bits per heavy atom. The number of carbonyl (C=O) groups excluding carboxylic acids is 1. The lowest BCUT2D eigenvalue weighted by Gasteiger charge is -2.18. The van der Waals surface area contributed by atoms with E-state index >= 15 is 0 Å². The van der Waals surface area contributed by atoms with E-state index in [0.717, 1.165) is 44.9 Å². The second kappa shape index (κ2) is 31.5. The lowest BCUT2D eigenvalue weighted by Crippen LogP contribution is -2.18. The van der Waals surface area contributed by atoms with Crippen LogP contribution in [-0.4, -0.2) is 23.1 Å². The van der Waals surface area contributed by atoms with Crippen LogP contribution in [0.3, 0.4) is 0 Å². The van der Waals surface area contributed by atoms with Gasteiger partial charge in [-0.1, -0.05) is 155 Å². The molecule has 39 heavy (non-hydrogen) atoms. The molecule has 4 heteroatoms. The van der Waals surface area contributed by atoms with Gasteiger partial charge in [0.15, 0.2) is 0 Å². The third-order valence-electron chi connectivity index (χ3n) is 8.08. The van der Waals surface area contributed by atoms with Gasteiger partial charge < -0.3 is 9.84 Å². The summed E-state index contributed by atoms with van der Waals surface area (Å²) in [6, 6.07) is 0. The van der Waals surface area contributed by atoms with Crippen molar-refractivity contribution in [3.8, 4) is 0 Å². The smallest absolute Gasteiger partial charge is 0.306 e. The molecule has 0 rings (SSSR count). The van der Waals surface area contributed by atoms with Crippen LogP contribution in [0.25, 0.3) is 0 Å². The number of unbranched alkanes of at least 4 members (excludes halogenated alkanes) is 23. The first-order chi connectivity index (χ1) is 19.1. The van der Waals surface area contributed by atoms with Crippen molar-refractivity contribution in [2.45, 2.75) is 213 Å². The van der Waals surface area contributed by atoms with E-state index in [1.165, 1.54) is 128 Å². The molecule has 0 aliphatic rings. The molecule has 1 atom stereocenters. The van der Waals surface area contributed by atoms with Crippen LogP contribution >= 0.6 is 0 Å². The Labute approximate surface area is 243 Å². The Morgan fingerprint density at radius 2 is 0.769 bits per heavy atom. The third kappa shape index (κ3) is 31.3. The lowest BCUT2D eigenvalue weighted by molar-refractivity contribution is -0.150. The molecule has 0 radical (unpaired) electrons. The number of carboxylic acids is 1. The van der Waals surface area contributed by atoms with Gasteiger partial charge in [-0.25, -0.2) is 0 Å². The molecule has 4 nitrogen and oxygen atoms in total. The summed E-state index contributed by atoms with van der Waals surface area (Å²) in [6.45, 7) is 4.54. The zero-order valence-corrected chi connectivity index (χ0v) is 26.5. The molecular formula is C35H68O4. The maximum Gasteiger partial charge on any atom is 0.306 e. The van der Waals surface area contributed by atoms with Gasteiger partial charge in [0.1, 0.15) is 6.10 Å². The molecule has 0 saturated heterocycles. The van der Waals surface area contributed by atoms with E-state index in [1.54, 1.807) is 0 Å². The van der Waals surface area contributed by atoms with E-state index in [-0.39, 0.29) is 18.5 Å². The highest BCUT2D eigenvalue weighted by atomic mass is 16.5. The normalized spacial score (nSPS) is 12.1. The minimum atomic E-state index is -0.721. The summed E-state index contributed by atoms with van der Waals surface area (Å²) >= 11 is 0. The van der Waals surface area contributed by atoms with Crippen LogP contribution in [0.15, 0.2) is 0 Å². The van der Waals surface area contributed by atoms with E-state index < -0.39 is 5.97 Å². The molecule has 0 bridgehead atoms. The molecule has 0 amide bonds. The molecule has 0 heterocycles. The zero-order chi connectivity index (χ0) is 28.7. The van der Waals surface area contributed by atoms with Crippen molar-refractivity contribution in [2.24, 2.45) is 0 Å². The van der Waals surface area contributed by atoms with Gasteiger partial charge in [0, 0.05) is 12.8 Å². The fourth-order valence-electron chi connectivity index (χ4n) is 5.48.